The average Bonchev–Trinajstić information content (AvgIpc) is 3.22. The van der Waals surface area contributed by atoms with E-state index >= 15 is 0 Å². The van der Waals surface area contributed by atoms with E-state index in [0.717, 1.165) is 0 Å². The molecule has 3 aromatic heterocycles. The van der Waals surface area contributed by atoms with Crippen molar-refractivity contribution in [1.82, 2.24) is 19.6 Å². The van der Waals surface area contributed by atoms with Gasteiger partial charge in [-0.3, -0.25) is 4.68 Å². The Kier molecular flexibility index (Phi) is 3.68. The summed E-state index contributed by atoms with van der Waals surface area (Å²) >= 11 is 6.15. The number of aromatic nitrogens is 4. The van der Waals surface area contributed by atoms with Gasteiger partial charge in [0, 0.05) is 13.2 Å². The fraction of sp³-hybridized carbons (Fsp3) is 0.133. The number of rotatable bonds is 3. The smallest absolute Gasteiger partial charge is 0.186 e. The quantitative estimate of drug-likeness (QED) is 0.588. The predicted octanol–water partition coefficient (Wildman–Crippen LogP) is 3.25. The Bertz CT molecular complexity index is 928. The number of nitriles is 1. The van der Waals surface area contributed by atoms with E-state index in [1.807, 2.05) is 6.07 Å². The van der Waals surface area contributed by atoms with E-state index in [0.29, 0.717) is 17.1 Å². The molecule has 1 N–H and O–H groups in total. The Morgan fingerprint density at radius 1 is 1.39 bits per heavy atom. The number of hydrogen-bond acceptors (Lipinski definition) is 5. The zero-order valence-corrected chi connectivity index (χ0v) is 13.1. The Morgan fingerprint density at radius 2 is 2.17 bits per heavy atom. The van der Waals surface area contributed by atoms with Crippen LogP contribution >= 0.6 is 11.6 Å². The van der Waals surface area contributed by atoms with Crippen molar-refractivity contribution in [2.45, 2.75) is 6.92 Å². The molecule has 0 aliphatic carbocycles. The van der Waals surface area contributed by atoms with Crippen LogP contribution in [0.5, 0.6) is 0 Å². The maximum atomic E-state index is 10.5. The van der Waals surface area contributed by atoms with Crippen molar-refractivity contribution in [3.63, 3.8) is 0 Å². The molecular weight excluding hydrogens is 318 g/mol. The van der Waals surface area contributed by atoms with Gasteiger partial charge in [0.05, 0.1) is 17.0 Å². The lowest BCUT2D eigenvalue weighted by atomic mass is 10.2. The van der Waals surface area contributed by atoms with Crippen LogP contribution in [0.1, 0.15) is 11.4 Å². The molecule has 0 saturated carbocycles. The fourth-order valence-electron chi connectivity index (χ4n) is 2.22. The summed E-state index contributed by atoms with van der Waals surface area (Å²) in [6.07, 6.45) is 3.09. The number of hydrogen-bond donors (Lipinski definition) is 1. The molecule has 0 fully saturated rings. The lowest BCUT2D eigenvalue weighted by Crippen LogP contribution is -2.04. The Labute approximate surface area is 136 Å². The maximum Gasteiger partial charge on any atom is 0.186 e. The molecule has 0 aliphatic rings. The number of nitrogens with zero attached hydrogens (tertiary/aromatic N) is 5. The summed E-state index contributed by atoms with van der Waals surface area (Å²) in [4.78, 5) is 0. The third kappa shape index (κ3) is 2.49. The van der Waals surface area contributed by atoms with Crippen molar-refractivity contribution >= 4 is 23.1 Å². The number of furan rings is 1. The van der Waals surface area contributed by atoms with Gasteiger partial charge in [0.1, 0.15) is 17.5 Å². The molecule has 116 valence electrons. The van der Waals surface area contributed by atoms with Gasteiger partial charge in [-0.05, 0) is 25.1 Å². The van der Waals surface area contributed by atoms with Gasteiger partial charge in [-0.15, -0.1) is 0 Å². The molecule has 0 amide bonds. The highest BCUT2D eigenvalue weighted by atomic mass is 35.5. The van der Waals surface area contributed by atoms with Gasteiger partial charge < -0.3 is 9.52 Å². The number of allylic oxidation sites excluding steroid dienone is 1. The number of halogens is 1. The van der Waals surface area contributed by atoms with Crippen LogP contribution in [-0.4, -0.2) is 24.7 Å². The van der Waals surface area contributed by atoms with Crippen molar-refractivity contribution in [1.29, 1.82) is 5.26 Å². The molecule has 3 heterocycles. The molecule has 0 radical (unpaired) electrons. The summed E-state index contributed by atoms with van der Waals surface area (Å²) in [5, 5.41) is 28.5. The first kappa shape index (κ1) is 14.9. The molecule has 0 bridgehead atoms. The monoisotopic (exact) mass is 329 g/mol. The molecule has 7 nitrogen and oxygen atoms in total. The molecule has 0 aromatic carbocycles. The number of aliphatic hydroxyl groups excluding tert-OH is 1. The average molecular weight is 330 g/mol. The van der Waals surface area contributed by atoms with Crippen LogP contribution in [0.2, 0.25) is 5.02 Å². The van der Waals surface area contributed by atoms with Crippen LogP contribution in [-0.2, 0) is 7.05 Å². The van der Waals surface area contributed by atoms with Gasteiger partial charge in [-0.1, -0.05) is 11.6 Å². The van der Waals surface area contributed by atoms with E-state index in [1.54, 1.807) is 38.4 Å². The van der Waals surface area contributed by atoms with E-state index in [1.165, 1.54) is 15.6 Å². The molecule has 0 spiro atoms. The van der Waals surface area contributed by atoms with Gasteiger partial charge >= 0.3 is 0 Å². The van der Waals surface area contributed by atoms with Crippen LogP contribution in [0, 0.1) is 18.3 Å². The third-order valence-electron chi connectivity index (χ3n) is 3.30. The third-order valence-corrected chi connectivity index (χ3v) is 3.75. The molecule has 3 aromatic rings. The second kappa shape index (κ2) is 5.66. The first-order chi connectivity index (χ1) is 11.0. The minimum absolute atomic E-state index is 0.0623. The topological polar surface area (TPSA) is 92.8 Å². The normalized spacial score (nSPS) is 12.1. The highest BCUT2D eigenvalue weighted by Crippen LogP contribution is 2.28. The van der Waals surface area contributed by atoms with E-state index in [-0.39, 0.29) is 22.2 Å². The minimum Gasteiger partial charge on any atom is -0.503 e. The minimum atomic E-state index is -0.297. The maximum absolute atomic E-state index is 10.5. The molecule has 3 rings (SSSR count). The second-order valence-corrected chi connectivity index (χ2v) is 5.18. The van der Waals surface area contributed by atoms with Gasteiger partial charge in [0.2, 0.25) is 0 Å². The van der Waals surface area contributed by atoms with E-state index in [4.69, 9.17) is 16.0 Å². The second-order valence-electron chi connectivity index (χ2n) is 4.80. The molecule has 0 atom stereocenters. The number of aryl methyl sites for hydroxylation is 2. The standard InChI is InChI=1S/C15H12ClN5O2/c1-9-13(16)14(20(2)18-9)15(22)11(8-17)21-6-5-10(19-21)12-4-3-7-23-12/h3-7,22H,1-2H3. The van der Waals surface area contributed by atoms with Gasteiger partial charge in [-0.2, -0.15) is 15.5 Å². The molecule has 8 heteroatoms. The first-order valence-corrected chi connectivity index (χ1v) is 7.03. The molecule has 0 unspecified atom stereocenters. The van der Waals surface area contributed by atoms with Crippen LogP contribution < -0.4 is 0 Å². The summed E-state index contributed by atoms with van der Waals surface area (Å²) in [5.74, 6) is 0.268. The SMILES string of the molecule is Cc1nn(C)c(C(O)=C(C#N)n2ccc(-c3ccco3)n2)c1Cl. The summed E-state index contributed by atoms with van der Waals surface area (Å²) in [6, 6.07) is 7.11. The van der Waals surface area contributed by atoms with Gasteiger partial charge in [0.25, 0.3) is 0 Å². The van der Waals surface area contributed by atoms with Gasteiger partial charge in [0.15, 0.2) is 17.2 Å². The Hall–Kier alpha value is -2.98. The van der Waals surface area contributed by atoms with Crippen molar-refractivity contribution in [2.24, 2.45) is 7.05 Å². The summed E-state index contributed by atoms with van der Waals surface area (Å²) < 4.78 is 7.95. The molecule has 0 saturated heterocycles. The van der Waals surface area contributed by atoms with Crippen molar-refractivity contribution in [3.05, 3.63) is 47.1 Å². The summed E-state index contributed by atoms with van der Waals surface area (Å²) in [5.41, 5.74) is 1.30. The van der Waals surface area contributed by atoms with Crippen LogP contribution in [0.15, 0.2) is 35.1 Å². The van der Waals surface area contributed by atoms with E-state index in [2.05, 4.69) is 10.2 Å². The Morgan fingerprint density at radius 3 is 2.74 bits per heavy atom. The van der Waals surface area contributed by atoms with Crippen LogP contribution in [0.25, 0.3) is 22.9 Å². The van der Waals surface area contributed by atoms with Crippen molar-refractivity contribution in [2.75, 3.05) is 0 Å². The van der Waals surface area contributed by atoms with Gasteiger partial charge in [-0.25, -0.2) is 4.68 Å². The van der Waals surface area contributed by atoms with E-state index in [9.17, 15) is 10.4 Å². The first-order valence-electron chi connectivity index (χ1n) is 6.65. The largest absolute Gasteiger partial charge is 0.503 e. The number of aliphatic hydroxyl groups is 1. The summed E-state index contributed by atoms with van der Waals surface area (Å²) in [6.45, 7) is 1.72. The van der Waals surface area contributed by atoms with Crippen LogP contribution in [0.3, 0.4) is 0 Å². The summed E-state index contributed by atoms with van der Waals surface area (Å²) in [7, 11) is 1.64. The highest BCUT2D eigenvalue weighted by molar-refractivity contribution is 6.33. The van der Waals surface area contributed by atoms with Crippen LogP contribution in [0.4, 0.5) is 0 Å². The molecular formula is C15H12ClN5O2. The molecule has 0 aliphatic heterocycles. The lowest BCUT2D eigenvalue weighted by Gasteiger charge is -2.05. The Balaban J connectivity index is 2.11. The molecule has 23 heavy (non-hydrogen) atoms. The fourth-order valence-corrected chi connectivity index (χ4v) is 2.47. The van der Waals surface area contributed by atoms with E-state index < -0.39 is 0 Å². The predicted molar refractivity (Wildman–Crippen MR) is 84.2 cm³/mol. The zero-order valence-electron chi connectivity index (χ0n) is 12.4. The highest BCUT2D eigenvalue weighted by Gasteiger charge is 2.20. The van der Waals surface area contributed by atoms with Crippen molar-refractivity contribution < 1.29 is 9.52 Å². The van der Waals surface area contributed by atoms with Crippen molar-refractivity contribution in [3.8, 4) is 17.5 Å². The lowest BCUT2D eigenvalue weighted by molar-refractivity contribution is 0.500. The zero-order chi connectivity index (χ0) is 16.6.